The minimum Gasteiger partial charge on any atom is -0.348 e. The van der Waals surface area contributed by atoms with Gasteiger partial charge in [0, 0.05) is 7.51 Å². The maximum atomic E-state index is 11.4. The van der Waals surface area contributed by atoms with Crippen LogP contribution in [0.3, 0.4) is 0 Å². The van der Waals surface area contributed by atoms with Crippen LogP contribution in [0.2, 0.25) is 0 Å². The maximum absolute atomic E-state index is 11.4. The number of rotatable bonds is 8. The van der Waals surface area contributed by atoms with Crippen LogP contribution in [0, 0.1) is 0 Å². The van der Waals surface area contributed by atoms with E-state index in [0.717, 1.165) is 12.8 Å². The molecule has 0 aliphatic rings. The Bertz CT molecular complexity index is 239. The molecule has 0 saturated carbocycles. The monoisotopic (exact) mass is 235 g/mol. The van der Waals surface area contributed by atoms with Gasteiger partial charge in [0.1, 0.15) is 0 Å². The molecule has 88 valence electrons. The van der Waals surface area contributed by atoms with E-state index in [-0.39, 0.29) is 18.2 Å². The molecule has 0 radical (unpaired) electrons. The van der Waals surface area contributed by atoms with Gasteiger partial charge in [0.05, 0.1) is 12.6 Å². The number of nitrogens with one attached hydrogen (secondary N) is 1. The minimum atomic E-state index is -0.895. The number of amides is 1. The average molecular weight is 235 g/mol. The lowest BCUT2D eigenvalue weighted by molar-refractivity contribution is -0.125. The molecule has 2 unspecified atom stereocenters. The molecule has 0 aromatic heterocycles. The lowest BCUT2D eigenvalue weighted by atomic mass is 10.1. The fourth-order valence-electron chi connectivity index (χ4n) is 1.00. The molecular weight excluding hydrogens is 213 g/mol. The highest BCUT2D eigenvalue weighted by Crippen LogP contribution is 1.97. The van der Waals surface area contributed by atoms with Crippen molar-refractivity contribution in [3.8, 4) is 0 Å². The number of carbonyl (C=O) groups excluding carboxylic acids is 2. The predicted molar refractivity (Wildman–Crippen MR) is 63.5 cm³/mol. The van der Waals surface area contributed by atoms with Crippen molar-refractivity contribution in [1.29, 1.82) is 0 Å². The first-order valence-corrected chi connectivity index (χ1v) is 5.59. The van der Waals surface area contributed by atoms with Crippen LogP contribution in [-0.2, 0) is 9.59 Å². The Kier molecular flexibility index (Phi) is 7.34. The molecule has 0 saturated heterocycles. The zero-order valence-electron chi connectivity index (χ0n) is 9.74. The van der Waals surface area contributed by atoms with Crippen molar-refractivity contribution in [3.63, 3.8) is 0 Å². The Morgan fingerprint density at radius 3 is 2.67 bits per heavy atom. The van der Waals surface area contributed by atoms with Crippen molar-refractivity contribution in [2.75, 3.05) is 19.2 Å². The molecule has 0 bridgehead atoms. The molecule has 0 aliphatic heterocycles. The number of unbranched alkanes of at least 4 members (excludes halogenated alkanes) is 1. The summed E-state index contributed by atoms with van der Waals surface area (Å²) in [6.07, 6.45) is 1.29. The quantitative estimate of drug-likeness (QED) is 0.371. The highest BCUT2D eigenvalue weighted by Gasteiger charge is 2.12. The van der Waals surface area contributed by atoms with Crippen molar-refractivity contribution in [2.24, 2.45) is 11.5 Å². The normalized spacial score (nSPS) is 15.3. The summed E-state index contributed by atoms with van der Waals surface area (Å²) >= 11 is 0. The van der Waals surface area contributed by atoms with E-state index in [2.05, 4.69) is 14.6 Å². The van der Waals surface area contributed by atoms with Crippen LogP contribution in [0.1, 0.15) is 20.6 Å². The van der Waals surface area contributed by atoms with Crippen molar-refractivity contribution >= 4 is 20.9 Å². The third-order valence-corrected chi connectivity index (χ3v) is 2.30. The lowest BCUT2D eigenvalue weighted by Crippen LogP contribution is -2.42. The van der Waals surface area contributed by atoms with Crippen LogP contribution in [0.4, 0.5) is 0 Å². The average Bonchev–Trinajstić information content (AvgIpc) is 2.25. The van der Waals surface area contributed by atoms with Crippen molar-refractivity contribution in [2.45, 2.75) is 25.3 Å². The van der Waals surface area contributed by atoms with Crippen LogP contribution >= 0.6 is 9.24 Å². The Morgan fingerprint density at radius 1 is 1.47 bits per heavy atom. The zero-order valence-corrected chi connectivity index (χ0v) is 9.89. The molecule has 0 aromatic carbocycles. The van der Waals surface area contributed by atoms with Gasteiger partial charge in [-0.2, -0.15) is 0 Å². The highest BCUT2D eigenvalue weighted by molar-refractivity contribution is 7.18. The number of hydrogen-bond donors (Lipinski definition) is 3. The van der Waals surface area contributed by atoms with Gasteiger partial charge in [-0.05, 0) is 19.4 Å². The van der Waals surface area contributed by atoms with E-state index in [0.29, 0.717) is 13.0 Å². The Morgan fingerprint density at radius 2 is 2.13 bits per heavy atom. The van der Waals surface area contributed by atoms with E-state index < -0.39 is 12.2 Å². The molecular formula is C9H20N3O2P. The summed E-state index contributed by atoms with van der Waals surface area (Å²) in [5.74, 6) is -0.705. The second-order valence-electron chi connectivity index (χ2n) is 3.24. The van der Waals surface area contributed by atoms with Gasteiger partial charge < -0.3 is 16.8 Å². The fourth-order valence-corrected chi connectivity index (χ4v) is 1.12. The van der Waals surface area contributed by atoms with Crippen molar-refractivity contribution in [1.82, 2.24) is 5.32 Å². The van der Waals surface area contributed by atoms with Crippen molar-refractivity contribution in [3.05, 3.63) is 0 Å². The van der Waals surface area contributed by atoms with Gasteiger partial charge in [0.25, 0.3) is 0 Å². The minimum absolute atomic E-state index is 0.138. The number of ketones is 1. The first-order valence-electron chi connectivity index (χ1n) is 5.50. The van der Waals surface area contributed by atoms with E-state index in [1.54, 1.807) is 0 Å². The zero-order chi connectivity index (χ0) is 12.6. The SMILES string of the molecule is [3H]C(P)C(=O)CNC(=O)[C@@H](N)CCCCN. The van der Waals surface area contributed by atoms with Crippen LogP contribution in [0.5, 0.6) is 0 Å². The molecule has 1 amide bonds. The van der Waals surface area contributed by atoms with Gasteiger partial charge in [0.15, 0.2) is 5.78 Å². The summed E-state index contributed by atoms with van der Waals surface area (Å²) in [6.45, 7) is 0.446. The summed E-state index contributed by atoms with van der Waals surface area (Å²) in [5.41, 5.74) is 10.9. The maximum Gasteiger partial charge on any atom is 0.237 e. The van der Waals surface area contributed by atoms with E-state index in [1.165, 1.54) is 0 Å². The van der Waals surface area contributed by atoms with Crippen LogP contribution < -0.4 is 16.8 Å². The smallest absolute Gasteiger partial charge is 0.237 e. The first-order chi connectivity index (χ1) is 7.49. The fraction of sp³-hybridized carbons (Fsp3) is 0.778. The lowest BCUT2D eigenvalue weighted by Gasteiger charge is -2.10. The predicted octanol–water partition coefficient (Wildman–Crippen LogP) is -0.997. The van der Waals surface area contributed by atoms with Gasteiger partial charge in [-0.1, -0.05) is 6.42 Å². The standard InChI is InChI=1S/C9H20N3O2P/c10-4-2-1-3-8(11)9(14)12-5-7(13)6-15/h8H,1-6,10-11,15H2,(H,12,14)/t8-/m0/s1/i6T/t6?,8-. The number of carbonyl (C=O) groups is 2. The third kappa shape index (κ3) is 7.42. The van der Waals surface area contributed by atoms with E-state index in [4.69, 9.17) is 12.8 Å². The topological polar surface area (TPSA) is 98.2 Å². The molecule has 3 atom stereocenters. The molecule has 5 N–H and O–H groups in total. The number of Topliss-reactive ketones (excluding diaryl/α,β-unsaturated/α-hetero) is 1. The van der Waals surface area contributed by atoms with Crippen molar-refractivity contribution < 1.29 is 11.0 Å². The third-order valence-electron chi connectivity index (χ3n) is 1.93. The summed E-state index contributed by atoms with van der Waals surface area (Å²) in [5, 5.41) is 2.41. The van der Waals surface area contributed by atoms with Gasteiger partial charge in [-0.25, -0.2) is 0 Å². The van der Waals surface area contributed by atoms with Gasteiger partial charge in [0.2, 0.25) is 5.91 Å². The van der Waals surface area contributed by atoms with Crippen LogP contribution in [-0.4, -0.2) is 37.0 Å². The van der Waals surface area contributed by atoms with Crippen LogP contribution in [0.25, 0.3) is 0 Å². The highest BCUT2D eigenvalue weighted by atomic mass is 31.0. The Hall–Kier alpha value is -0.510. The summed E-state index contributed by atoms with van der Waals surface area (Å²) < 4.78 is 7.09. The Labute approximate surface area is 93.9 Å². The van der Waals surface area contributed by atoms with E-state index >= 15 is 0 Å². The molecule has 0 fully saturated rings. The molecule has 5 nitrogen and oxygen atoms in total. The first kappa shape index (κ1) is 12.6. The van der Waals surface area contributed by atoms with Crippen LogP contribution in [0.15, 0.2) is 0 Å². The van der Waals surface area contributed by atoms with Gasteiger partial charge in [-0.3, -0.25) is 9.59 Å². The summed E-state index contributed by atoms with van der Waals surface area (Å²) in [4.78, 5) is 22.4. The van der Waals surface area contributed by atoms with Gasteiger partial charge >= 0.3 is 0 Å². The summed E-state index contributed by atoms with van der Waals surface area (Å²) in [6, 6.07) is -0.604. The molecule has 15 heavy (non-hydrogen) atoms. The molecule has 6 heteroatoms. The number of nitrogens with two attached hydrogens (primary N) is 2. The molecule has 0 spiro atoms. The van der Waals surface area contributed by atoms with Gasteiger partial charge in [-0.15, -0.1) is 9.24 Å². The largest absolute Gasteiger partial charge is 0.348 e. The van der Waals surface area contributed by atoms with E-state index in [9.17, 15) is 9.59 Å². The molecule has 0 aromatic rings. The number of hydrogen-bond acceptors (Lipinski definition) is 4. The second kappa shape index (κ2) is 8.77. The molecule has 0 aliphatic carbocycles. The Balaban J connectivity index is 3.75. The summed E-state index contributed by atoms with van der Waals surface area (Å²) in [7, 11) is 2.06. The van der Waals surface area contributed by atoms with E-state index in [1.807, 2.05) is 0 Å². The molecule has 0 rings (SSSR count). The second-order valence-corrected chi connectivity index (χ2v) is 3.58. The molecule has 0 heterocycles.